The van der Waals surface area contributed by atoms with Crippen molar-refractivity contribution in [3.8, 4) is 0 Å². The Morgan fingerprint density at radius 2 is 2.00 bits per heavy atom. The molecule has 0 aliphatic heterocycles. The molecule has 1 atom stereocenters. The second-order valence-electron chi connectivity index (χ2n) is 4.15. The topological polar surface area (TPSA) is 87.7 Å². The average molecular weight is 292 g/mol. The number of carboxylic acid groups (broad SMARTS) is 1. The molecule has 0 rings (SSSR count). The molecule has 0 radical (unpaired) electrons. The highest BCUT2D eigenvalue weighted by Gasteiger charge is 2.13. The van der Waals surface area contributed by atoms with Crippen LogP contribution in [0.3, 0.4) is 0 Å². The smallest absolute Gasteiger partial charge is 0.314 e. The summed E-state index contributed by atoms with van der Waals surface area (Å²) in [6.07, 6.45) is 4.68. The Kier molecular flexibility index (Phi) is 11.5. The molecular weight excluding hydrogens is 268 g/mol. The van der Waals surface area contributed by atoms with Gasteiger partial charge in [-0.25, -0.2) is 4.79 Å². The predicted molar refractivity (Wildman–Crippen MR) is 76.7 cm³/mol. The van der Waals surface area contributed by atoms with Gasteiger partial charge in [-0.3, -0.25) is 4.79 Å². The number of carboxylic acids is 1. The first-order valence-corrected chi connectivity index (χ1v) is 7.74. The molecule has 0 aromatic rings. The largest absolute Gasteiger partial charge is 0.481 e. The van der Waals surface area contributed by atoms with Crippen LogP contribution < -0.4 is 10.6 Å². The molecule has 0 spiro atoms. The summed E-state index contributed by atoms with van der Waals surface area (Å²) >= 11 is 1.82. The van der Waals surface area contributed by atoms with Crippen LogP contribution >= 0.6 is 11.8 Å². The van der Waals surface area contributed by atoms with Gasteiger partial charge in [-0.15, -0.1) is 0 Å². The summed E-state index contributed by atoms with van der Waals surface area (Å²) in [5, 5.41) is 13.9. The quantitative estimate of drug-likeness (QED) is 0.500. The van der Waals surface area contributed by atoms with Gasteiger partial charge in [0.1, 0.15) is 0 Å². The highest BCUT2D eigenvalue weighted by molar-refractivity contribution is 7.98. The summed E-state index contributed by atoms with van der Waals surface area (Å²) in [5.74, 6) is 0.208. The van der Waals surface area contributed by atoms with Crippen molar-refractivity contribution in [2.75, 3.05) is 32.2 Å². The first kappa shape index (κ1) is 18.0. The molecule has 0 aliphatic rings. The number of ether oxygens (including phenoxy) is 1. The van der Waals surface area contributed by atoms with Crippen molar-refractivity contribution in [3.05, 3.63) is 0 Å². The molecule has 0 bridgehead atoms. The average Bonchev–Trinajstić information content (AvgIpc) is 2.38. The molecule has 0 aromatic heterocycles. The highest BCUT2D eigenvalue weighted by atomic mass is 32.2. The molecule has 0 saturated heterocycles. The molecule has 3 N–H and O–H groups in total. The van der Waals surface area contributed by atoms with Crippen molar-refractivity contribution in [1.82, 2.24) is 10.6 Å². The third kappa shape index (κ3) is 11.9. The minimum absolute atomic E-state index is 0.120. The number of aliphatic carboxylic acids is 1. The van der Waals surface area contributed by atoms with Gasteiger partial charge in [0.05, 0.1) is 12.5 Å². The molecule has 0 saturated carbocycles. The van der Waals surface area contributed by atoms with Crippen LogP contribution in [0.25, 0.3) is 0 Å². The van der Waals surface area contributed by atoms with Gasteiger partial charge in [0.25, 0.3) is 0 Å². The van der Waals surface area contributed by atoms with Crippen LogP contribution in [0, 0.1) is 0 Å². The number of carbonyl (C=O) groups is 2. The van der Waals surface area contributed by atoms with E-state index in [0.717, 1.165) is 25.0 Å². The number of rotatable bonds is 11. The minimum Gasteiger partial charge on any atom is -0.481 e. The van der Waals surface area contributed by atoms with Crippen LogP contribution in [-0.2, 0) is 9.53 Å². The summed E-state index contributed by atoms with van der Waals surface area (Å²) in [6.45, 7) is 0.831. The van der Waals surface area contributed by atoms with Crippen LogP contribution in [-0.4, -0.2) is 55.4 Å². The summed E-state index contributed by atoms with van der Waals surface area (Å²) in [7, 11) is 1.43. The van der Waals surface area contributed by atoms with E-state index in [1.165, 1.54) is 7.11 Å². The van der Waals surface area contributed by atoms with E-state index in [4.69, 9.17) is 9.84 Å². The van der Waals surface area contributed by atoms with E-state index in [2.05, 4.69) is 16.9 Å². The van der Waals surface area contributed by atoms with Gasteiger partial charge < -0.3 is 20.5 Å². The van der Waals surface area contributed by atoms with Crippen LogP contribution in [0.5, 0.6) is 0 Å². The lowest BCUT2D eigenvalue weighted by molar-refractivity contribution is -0.139. The summed E-state index contributed by atoms with van der Waals surface area (Å²) in [6, 6.07) is -0.280. The van der Waals surface area contributed by atoms with Gasteiger partial charge in [0, 0.05) is 20.2 Å². The second-order valence-corrected chi connectivity index (χ2v) is 5.13. The summed E-state index contributed by atoms with van der Waals surface area (Å²) in [5.41, 5.74) is 0. The molecule has 1 unspecified atom stereocenters. The third-order valence-corrected chi connectivity index (χ3v) is 3.23. The SMILES string of the molecule is COC(CNC(=O)NCCCCCSC)CC(=O)O. The van der Waals surface area contributed by atoms with Crippen molar-refractivity contribution in [1.29, 1.82) is 0 Å². The van der Waals surface area contributed by atoms with E-state index in [1.54, 1.807) is 0 Å². The number of carbonyl (C=O) groups excluding carboxylic acids is 1. The van der Waals surface area contributed by atoms with Gasteiger partial charge in [0.2, 0.25) is 0 Å². The Balaban J connectivity index is 3.54. The van der Waals surface area contributed by atoms with Crippen molar-refractivity contribution < 1.29 is 19.4 Å². The van der Waals surface area contributed by atoms with Gasteiger partial charge in [-0.2, -0.15) is 11.8 Å². The number of methoxy groups -OCH3 is 1. The monoisotopic (exact) mass is 292 g/mol. The van der Waals surface area contributed by atoms with Gasteiger partial charge in [0.15, 0.2) is 0 Å². The molecule has 0 aliphatic carbocycles. The fourth-order valence-corrected chi connectivity index (χ4v) is 1.95. The number of unbranched alkanes of at least 4 members (excludes halogenated alkanes) is 2. The van der Waals surface area contributed by atoms with Crippen molar-refractivity contribution in [2.45, 2.75) is 31.8 Å². The van der Waals surface area contributed by atoms with Crippen molar-refractivity contribution >= 4 is 23.8 Å². The lowest BCUT2D eigenvalue weighted by atomic mass is 10.2. The van der Waals surface area contributed by atoms with E-state index in [1.807, 2.05) is 11.8 Å². The second kappa shape index (κ2) is 12.1. The normalized spacial score (nSPS) is 11.9. The lowest BCUT2D eigenvalue weighted by Gasteiger charge is -2.14. The molecule has 0 aromatic carbocycles. The van der Waals surface area contributed by atoms with E-state index in [9.17, 15) is 9.59 Å². The number of hydrogen-bond acceptors (Lipinski definition) is 4. The molecule has 0 heterocycles. The Hall–Kier alpha value is -0.950. The molecule has 6 nitrogen and oxygen atoms in total. The van der Waals surface area contributed by atoms with Gasteiger partial charge in [-0.05, 0) is 24.9 Å². The molecule has 112 valence electrons. The number of amides is 2. The van der Waals surface area contributed by atoms with Crippen molar-refractivity contribution in [2.24, 2.45) is 0 Å². The number of hydrogen-bond donors (Lipinski definition) is 3. The molecule has 0 fully saturated rings. The first-order chi connectivity index (χ1) is 9.10. The Morgan fingerprint density at radius 1 is 1.26 bits per heavy atom. The standard InChI is InChI=1S/C12H24N2O4S/c1-18-10(8-11(15)16)9-14-12(17)13-6-4-3-5-7-19-2/h10H,3-9H2,1-2H3,(H,15,16)(H2,13,14,17). The summed E-state index contributed by atoms with van der Waals surface area (Å²) < 4.78 is 4.96. The fourth-order valence-electron chi connectivity index (χ4n) is 1.45. The van der Waals surface area contributed by atoms with Gasteiger partial charge in [-0.1, -0.05) is 6.42 Å². The van der Waals surface area contributed by atoms with E-state index >= 15 is 0 Å². The highest BCUT2D eigenvalue weighted by Crippen LogP contribution is 2.01. The maximum atomic E-state index is 11.4. The molecule has 19 heavy (non-hydrogen) atoms. The molecule has 2 amide bonds. The maximum absolute atomic E-state index is 11.4. The van der Waals surface area contributed by atoms with Crippen LogP contribution in [0.4, 0.5) is 4.79 Å². The fraction of sp³-hybridized carbons (Fsp3) is 0.833. The van der Waals surface area contributed by atoms with E-state index in [-0.39, 0.29) is 19.0 Å². The van der Waals surface area contributed by atoms with Gasteiger partial charge >= 0.3 is 12.0 Å². The molecule has 7 heteroatoms. The number of urea groups is 1. The summed E-state index contributed by atoms with van der Waals surface area (Å²) in [4.78, 5) is 21.9. The maximum Gasteiger partial charge on any atom is 0.314 e. The van der Waals surface area contributed by atoms with Crippen LogP contribution in [0.2, 0.25) is 0 Å². The zero-order chi connectivity index (χ0) is 14.5. The Morgan fingerprint density at radius 3 is 2.58 bits per heavy atom. The minimum atomic E-state index is -0.942. The Labute approximate surface area is 118 Å². The number of nitrogens with one attached hydrogen (secondary N) is 2. The van der Waals surface area contributed by atoms with E-state index in [0.29, 0.717) is 6.54 Å². The molecular formula is C12H24N2O4S. The van der Waals surface area contributed by atoms with Crippen LogP contribution in [0.15, 0.2) is 0 Å². The zero-order valence-corrected chi connectivity index (χ0v) is 12.4. The van der Waals surface area contributed by atoms with Crippen molar-refractivity contribution in [3.63, 3.8) is 0 Å². The zero-order valence-electron chi connectivity index (χ0n) is 11.6. The van der Waals surface area contributed by atoms with Crippen LogP contribution in [0.1, 0.15) is 25.7 Å². The van der Waals surface area contributed by atoms with E-state index < -0.39 is 12.1 Å². The first-order valence-electron chi connectivity index (χ1n) is 6.35. The lowest BCUT2D eigenvalue weighted by Crippen LogP contribution is -2.41. The Bertz CT molecular complexity index is 264. The third-order valence-electron chi connectivity index (χ3n) is 2.54. The predicted octanol–water partition coefficient (Wildman–Crippen LogP) is 1.31. The number of thioether (sulfide) groups is 1.